The van der Waals surface area contributed by atoms with Crippen LogP contribution in [0.4, 0.5) is 0 Å². The zero-order chi connectivity index (χ0) is 14.1. The van der Waals surface area contributed by atoms with Gasteiger partial charge in [-0.1, -0.05) is 12.1 Å². The molecule has 3 aromatic rings. The van der Waals surface area contributed by atoms with Crippen molar-refractivity contribution in [1.82, 2.24) is 25.3 Å². The molecular weight excluding hydrogens is 262 g/mol. The van der Waals surface area contributed by atoms with E-state index in [1.165, 1.54) is 0 Å². The van der Waals surface area contributed by atoms with Gasteiger partial charge in [0.05, 0.1) is 17.1 Å². The van der Waals surface area contributed by atoms with Crippen LogP contribution in [-0.4, -0.2) is 33.0 Å². The molecule has 1 aliphatic rings. The van der Waals surface area contributed by atoms with Crippen LogP contribution in [0.5, 0.6) is 0 Å². The monoisotopic (exact) mass is 277 g/mol. The molecule has 0 saturated carbocycles. The number of nitrogens with zero attached hydrogens (tertiary/aromatic N) is 3. The van der Waals surface area contributed by atoms with Crippen LogP contribution in [0, 0.1) is 0 Å². The molecule has 0 unspecified atom stereocenters. The fourth-order valence-corrected chi connectivity index (χ4v) is 2.45. The summed E-state index contributed by atoms with van der Waals surface area (Å²) in [5.41, 5.74) is 3.57. The first kappa shape index (κ1) is 12.2. The zero-order valence-corrected chi connectivity index (χ0v) is 11.5. The minimum absolute atomic E-state index is 0.449. The highest BCUT2D eigenvalue weighted by Crippen LogP contribution is 2.30. The second-order valence-electron chi connectivity index (χ2n) is 5.13. The Morgan fingerprint density at radius 1 is 0.905 bits per heavy atom. The van der Waals surface area contributed by atoms with Gasteiger partial charge >= 0.3 is 0 Å². The highest BCUT2D eigenvalue weighted by molar-refractivity contribution is 5.74. The molecular formula is C16H15N5. The van der Waals surface area contributed by atoms with Crippen molar-refractivity contribution in [2.45, 2.75) is 5.92 Å². The number of nitrogens with one attached hydrogen (secondary N) is 2. The van der Waals surface area contributed by atoms with E-state index < -0.39 is 0 Å². The average Bonchev–Trinajstić information content (AvgIpc) is 2.92. The van der Waals surface area contributed by atoms with Crippen molar-refractivity contribution in [1.29, 1.82) is 0 Å². The Bertz CT molecular complexity index is 675. The first-order valence-electron chi connectivity index (χ1n) is 7.05. The molecule has 0 atom stereocenters. The predicted molar refractivity (Wildman–Crippen MR) is 80.7 cm³/mol. The molecule has 21 heavy (non-hydrogen) atoms. The predicted octanol–water partition coefficient (Wildman–Crippen LogP) is 2.22. The molecule has 2 N–H and O–H groups in total. The van der Waals surface area contributed by atoms with Crippen molar-refractivity contribution in [3.05, 3.63) is 54.6 Å². The van der Waals surface area contributed by atoms with Crippen LogP contribution in [0.1, 0.15) is 11.7 Å². The summed E-state index contributed by atoms with van der Waals surface area (Å²) >= 11 is 0. The lowest BCUT2D eigenvalue weighted by Gasteiger charge is -2.24. The number of aromatic amines is 1. The van der Waals surface area contributed by atoms with Crippen LogP contribution >= 0.6 is 0 Å². The van der Waals surface area contributed by atoms with E-state index in [0.717, 1.165) is 41.7 Å². The number of aromatic nitrogens is 4. The third-order valence-electron chi connectivity index (χ3n) is 3.72. The van der Waals surface area contributed by atoms with Gasteiger partial charge in [0.1, 0.15) is 11.5 Å². The Hall–Kier alpha value is -2.53. The molecule has 104 valence electrons. The maximum atomic E-state index is 4.78. The zero-order valence-electron chi connectivity index (χ0n) is 11.5. The Kier molecular flexibility index (Phi) is 2.97. The lowest BCUT2D eigenvalue weighted by Crippen LogP contribution is -2.40. The Labute approximate surface area is 122 Å². The molecule has 0 bridgehead atoms. The maximum Gasteiger partial charge on any atom is 0.116 e. The van der Waals surface area contributed by atoms with E-state index in [9.17, 15) is 0 Å². The summed E-state index contributed by atoms with van der Waals surface area (Å²) in [6.07, 6.45) is 3.58. The minimum atomic E-state index is 0.449. The second kappa shape index (κ2) is 5.10. The van der Waals surface area contributed by atoms with Gasteiger partial charge in [0.25, 0.3) is 0 Å². The molecule has 1 aliphatic heterocycles. The molecule has 5 heteroatoms. The topological polar surface area (TPSA) is 66.5 Å². The summed E-state index contributed by atoms with van der Waals surface area (Å²) < 4.78 is 0. The van der Waals surface area contributed by atoms with Gasteiger partial charge in [-0.05, 0) is 24.3 Å². The van der Waals surface area contributed by atoms with Crippen LogP contribution in [0.25, 0.3) is 22.8 Å². The van der Waals surface area contributed by atoms with Crippen molar-refractivity contribution in [2.75, 3.05) is 13.1 Å². The molecule has 4 heterocycles. The number of rotatable bonds is 3. The first-order chi connectivity index (χ1) is 10.4. The van der Waals surface area contributed by atoms with Gasteiger partial charge in [-0.2, -0.15) is 0 Å². The standard InChI is InChI=1S/C16H15N5/c1-3-7-18-12(5-1)14-15(13-6-2-4-8-19-13)21-16(20-14)11-9-17-10-11/h1-8,11,17H,9-10H2,(H,20,21). The normalized spacial score (nSPS) is 14.9. The molecule has 0 aliphatic carbocycles. The van der Waals surface area contributed by atoms with E-state index in [4.69, 9.17) is 4.98 Å². The van der Waals surface area contributed by atoms with Gasteiger partial charge in [-0.25, -0.2) is 4.98 Å². The van der Waals surface area contributed by atoms with E-state index in [1.807, 2.05) is 36.4 Å². The second-order valence-corrected chi connectivity index (χ2v) is 5.13. The van der Waals surface area contributed by atoms with E-state index in [1.54, 1.807) is 12.4 Å². The van der Waals surface area contributed by atoms with Crippen LogP contribution < -0.4 is 5.32 Å². The summed E-state index contributed by atoms with van der Waals surface area (Å²) in [5.74, 6) is 1.46. The lowest BCUT2D eigenvalue weighted by atomic mass is 10.0. The quantitative estimate of drug-likeness (QED) is 0.770. The largest absolute Gasteiger partial charge is 0.340 e. The Morgan fingerprint density at radius 3 is 2.19 bits per heavy atom. The van der Waals surface area contributed by atoms with Gasteiger partial charge in [0.15, 0.2) is 0 Å². The fourth-order valence-electron chi connectivity index (χ4n) is 2.45. The van der Waals surface area contributed by atoms with Gasteiger partial charge in [-0.15, -0.1) is 0 Å². The maximum absolute atomic E-state index is 4.78. The minimum Gasteiger partial charge on any atom is -0.340 e. The van der Waals surface area contributed by atoms with Crippen molar-refractivity contribution >= 4 is 0 Å². The van der Waals surface area contributed by atoms with Gasteiger partial charge < -0.3 is 10.3 Å². The summed E-state index contributed by atoms with van der Waals surface area (Å²) in [7, 11) is 0. The van der Waals surface area contributed by atoms with Crippen LogP contribution in [-0.2, 0) is 0 Å². The van der Waals surface area contributed by atoms with E-state index in [2.05, 4.69) is 20.3 Å². The summed E-state index contributed by atoms with van der Waals surface area (Å²) in [5, 5.41) is 3.28. The third kappa shape index (κ3) is 2.21. The molecule has 1 saturated heterocycles. The van der Waals surface area contributed by atoms with E-state index >= 15 is 0 Å². The van der Waals surface area contributed by atoms with Crippen molar-refractivity contribution in [3.63, 3.8) is 0 Å². The van der Waals surface area contributed by atoms with Gasteiger partial charge in [-0.3, -0.25) is 9.97 Å². The van der Waals surface area contributed by atoms with Gasteiger partial charge in [0, 0.05) is 31.4 Å². The number of hydrogen-bond acceptors (Lipinski definition) is 4. The Morgan fingerprint density at radius 2 is 1.62 bits per heavy atom. The molecule has 5 nitrogen and oxygen atoms in total. The van der Waals surface area contributed by atoms with E-state index in [-0.39, 0.29) is 0 Å². The number of imidazole rings is 1. The lowest BCUT2D eigenvalue weighted by molar-refractivity contribution is 0.433. The van der Waals surface area contributed by atoms with Crippen molar-refractivity contribution in [2.24, 2.45) is 0 Å². The van der Waals surface area contributed by atoms with Crippen molar-refractivity contribution in [3.8, 4) is 22.8 Å². The molecule has 0 aromatic carbocycles. The molecule has 3 aromatic heterocycles. The SMILES string of the molecule is c1ccc(-c2nc(C3CNC3)[nH]c2-c2ccccn2)nc1. The number of pyridine rings is 2. The number of H-pyrrole nitrogens is 1. The molecule has 0 amide bonds. The first-order valence-corrected chi connectivity index (χ1v) is 7.05. The van der Waals surface area contributed by atoms with Crippen LogP contribution in [0.15, 0.2) is 48.8 Å². The summed E-state index contributed by atoms with van der Waals surface area (Å²) in [4.78, 5) is 17.1. The van der Waals surface area contributed by atoms with Gasteiger partial charge in [0.2, 0.25) is 0 Å². The summed E-state index contributed by atoms with van der Waals surface area (Å²) in [6, 6.07) is 11.7. The van der Waals surface area contributed by atoms with E-state index in [0.29, 0.717) is 5.92 Å². The number of hydrogen-bond donors (Lipinski definition) is 2. The van der Waals surface area contributed by atoms with Crippen molar-refractivity contribution < 1.29 is 0 Å². The summed E-state index contributed by atoms with van der Waals surface area (Å²) in [6.45, 7) is 1.94. The smallest absolute Gasteiger partial charge is 0.116 e. The fraction of sp³-hybridized carbons (Fsp3) is 0.188. The average molecular weight is 277 g/mol. The molecule has 1 fully saturated rings. The Balaban J connectivity index is 1.85. The third-order valence-corrected chi connectivity index (χ3v) is 3.72. The molecule has 4 rings (SSSR count). The molecule has 0 spiro atoms. The van der Waals surface area contributed by atoms with Crippen LogP contribution in [0.2, 0.25) is 0 Å². The van der Waals surface area contributed by atoms with Crippen LogP contribution in [0.3, 0.4) is 0 Å². The highest BCUT2D eigenvalue weighted by atomic mass is 15.0. The highest BCUT2D eigenvalue weighted by Gasteiger charge is 2.25. The molecule has 0 radical (unpaired) electrons.